The van der Waals surface area contributed by atoms with E-state index in [0.717, 1.165) is 5.71 Å². The van der Waals surface area contributed by atoms with Gasteiger partial charge >= 0.3 is 6.09 Å². The topological polar surface area (TPSA) is 145 Å². The van der Waals surface area contributed by atoms with Crippen LogP contribution in [0.25, 0.3) is 11.1 Å². The monoisotopic (exact) mass is 474 g/mol. The van der Waals surface area contributed by atoms with E-state index < -0.39 is 24.2 Å². The minimum absolute atomic E-state index is 0.162. The Labute approximate surface area is 194 Å². The van der Waals surface area contributed by atoms with E-state index in [1.54, 1.807) is 29.2 Å². The molecule has 2 fully saturated rings. The fourth-order valence-electron chi connectivity index (χ4n) is 3.46. The molecule has 0 radical (unpaired) electrons. The maximum Gasteiger partial charge on any atom is 0.437 e. The maximum atomic E-state index is 14.9. The molecule has 1 aromatic heterocycles. The number of alkyl halides is 1. The highest BCUT2D eigenvalue weighted by molar-refractivity contribution is 5.98. The zero-order valence-electron chi connectivity index (χ0n) is 18.2. The van der Waals surface area contributed by atoms with Crippen molar-refractivity contribution in [3.8, 4) is 11.1 Å². The number of halogens is 2. The average molecular weight is 474 g/mol. The first-order valence-electron chi connectivity index (χ1n) is 10.6. The van der Waals surface area contributed by atoms with Crippen LogP contribution in [0.4, 0.5) is 19.5 Å². The highest BCUT2D eigenvalue weighted by Crippen LogP contribution is 2.27. The lowest BCUT2D eigenvalue weighted by Crippen LogP contribution is -2.50. The lowest BCUT2D eigenvalue weighted by atomic mass is 10.0. The summed E-state index contributed by atoms with van der Waals surface area (Å²) in [7, 11) is 0. The van der Waals surface area contributed by atoms with Gasteiger partial charge in [-0.15, -0.1) is 4.99 Å². The molecule has 4 rings (SSSR count). The molecule has 2 aliphatic rings. The van der Waals surface area contributed by atoms with Crippen LogP contribution < -0.4 is 16.4 Å². The molecule has 1 amide bonds. The molecule has 2 aromatic rings. The molecule has 180 valence electrons. The number of likely N-dealkylation sites (tertiary alicyclic amines) is 1. The van der Waals surface area contributed by atoms with E-state index in [2.05, 4.69) is 20.1 Å². The van der Waals surface area contributed by atoms with Crippen LogP contribution >= 0.6 is 0 Å². The van der Waals surface area contributed by atoms with Gasteiger partial charge in [0.05, 0.1) is 24.4 Å². The molecule has 0 saturated carbocycles. The van der Waals surface area contributed by atoms with Crippen molar-refractivity contribution in [2.24, 2.45) is 21.6 Å². The van der Waals surface area contributed by atoms with E-state index in [9.17, 15) is 13.6 Å². The number of hydrogen-bond donors (Lipinski definition) is 2. The second-order valence-corrected chi connectivity index (χ2v) is 7.83. The van der Waals surface area contributed by atoms with Crippen LogP contribution in [0.2, 0.25) is 0 Å². The number of hydrogen-bond acceptors (Lipinski definition) is 8. The van der Waals surface area contributed by atoms with E-state index in [4.69, 9.17) is 21.0 Å². The summed E-state index contributed by atoms with van der Waals surface area (Å²) in [5.74, 6) is -0.899. The van der Waals surface area contributed by atoms with Gasteiger partial charge in [-0.2, -0.15) is 9.37 Å². The van der Waals surface area contributed by atoms with Crippen LogP contribution in [0, 0.1) is 5.95 Å². The van der Waals surface area contributed by atoms with Gasteiger partial charge in [-0.3, -0.25) is 4.90 Å². The van der Waals surface area contributed by atoms with Gasteiger partial charge in [-0.25, -0.2) is 14.2 Å². The zero-order valence-corrected chi connectivity index (χ0v) is 18.2. The van der Waals surface area contributed by atoms with Crippen molar-refractivity contribution >= 4 is 23.7 Å². The van der Waals surface area contributed by atoms with Crippen molar-refractivity contribution in [3.05, 3.63) is 42.0 Å². The Balaban J connectivity index is 1.33. The number of nitrogens with two attached hydrogens (primary N) is 2. The quantitative estimate of drug-likeness (QED) is 0.188. The molecule has 1 aromatic carbocycles. The van der Waals surface area contributed by atoms with E-state index in [1.807, 2.05) is 4.90 Å². The first-order chi connectivity index (χ1) is 16.4. The standard InChI is InChI=1S/C21H24F2N8O3/c22-14-8-30(9-14)5-6-34-29-15-10-31(11-15)20-26-7-17(18(23)27-20)16-4-2-1-3-13(16)12-33-21(32)28-19(24)25/h1-4,7,14H,5-6,8-12H2,(H4,24,25,28,32). The summed E-state index contributed by atoms with van der Waals surface area (Å²) in [6.07, 6.45) is -0.305. The Morgan fingerprint density at radius 1 is 1.21 bits per heavy atom. The van der Waals surface area contributed by atoms with Crippen molar-refractivity contribution < 1.29 is 23.1 Å². The number of nitrogens with zero attached hydrogens (tertiary/aromatic N) is 6. The molecular weight excluding hydrogens is 450 g/mol. The van der Waals surface area contributed by atoms with Gasteiger partial charge in [-0.1, -0.05) is 29.4 Å². The SMILES string of the molecule is NC(N)=NC(=O)OCc1ccccc1-c1cnc(N2CC(=NOCCN3CC(F)C3)C2)nc1F. The predicted molar refractivity (Wildman–Crippen MR) is 120 cm³/mol. The number of aromatic nitrogens is 2. The molecule has 0 unspecified atom stereocenters. The summed E-state index contributed by atoms with van der Waals surface area (Å²) < 4.78 is 32.6. The maximum absolute atomic E-state index is 14.9. The van der Waals surface area contributed by atoms with Crippen LogP contribution in [-0.2, 0) is 16.2 Å². The van der Waals surface area contributed by atoms with Crippen LogP contribution in [0.15, 0.2) is 40.6 Å². The highest BCUT2D eigenvalue weighted by Gasteiger charge is 2.27. The summed E-state index contributed by atoms with van der Waals surface area (Å²) in [5.41, 5.74) is 12.3. The normalized spacial score (nSPS) is 15.8. The number of carbonyl (C=O) groups is 1. The van der Waals surface area contributed by atoms with E-state index in [-0.39, 0.29) is 18.1 Å². The molecule has 11 nitrogen and oxygen atoms in total. The van der Waals surface area contributed by atoms with Crippen LogP contribution in [-0.4, -0.2) is 78.1 Å². The third-order valence-corrected chi connectivity index (χ3v) is 5.24. The first-order valence-corrected chi connectivity index (χ1v) is 10.6. The molecule has 3 heterocycles. The van der Waals surface area contributed by atoms with Gasteiger partial charge in [-0.05, 0) is 11.1 Å². The van der Waals surface area contributed by atoms with Crippen molar-refractivity contribution in [3.63, 3.8) is 0 Å². The van der Waals surface area contributed by atoms with Gasteiger partial charge < -0.3 is 25.9 Å². The number of guanidine groups is 1. The lowest BCUT2D eigenvalue weighted by molar-refractivity contribution is 0.0319. The van der Waals surface area contributed by atoms with Gasteiger partial charge in [0.15, 0.2) is 5.96 Å². The summed E-state index contributed by atoms with van der Waals surface area (Å²) in [5, 5.41) is 4.05. The highest BCUT2D eigenvalue weighted by atomic mass is 19.1. The Bertz CT molecular complexity index is 1100. The molecule has 13 heteroatoms. The molecule has 0 atom stereocenters. The summed E-state index contributed by atoms with van der Waals surface area (Å²) >= 11 is 0. The first kappa shape index (κ1) is 23.3. The molecule has 34 heavy (non-hydrogen) atoms. The van der Waals surface area contributed by atoms with Crippen molar-refractivity contribution in [1.29, 1.82) is 0 Å². The molecule has 0 aliphatic carbocycles. The van der Waals surface area contributed by atoms with Gasteiger partial charge in [0.1, 0.15) is 19.4 Å². The van der Waals surface area contributed by atoms with E-state index in [1.165, 1.54) is 6.20 Å². The molecular formula is C21H24F2N8O3. The fraction of sp³-hybridized carbons (Fsp3) is 0.381. The zero-order chi connectivity index (χ0) is 24.1. The van der Waals surface area contributed by atoms with E-state index >= 15 is 0 Å². The fourth-order valence-corrected chi connectivity index (χ4v) is 3.46. The van der Waals surface area contributed by atoms with Gasteiger partial charge in [0, 0.05) is 25.8 Å². The van der Waals surface area contributed by atoms with Crippen molar-refractivity contribution in [2.75, 3.05) is 44.2 Å². The Hall–Kier alpha value is -3.87. The number of oxime groups is 1. The minimum atomic E-state index is -0.949. The van der Waals surface area contributed by atoms with Crippen LogP contribution in [0.5, 0.6) is 0 Å². The number of benzene rings is 1. The second kappa shape index (κ2) is 10.4. The van der Waals surface area contributed by atoms with Gasteiger partial charge in [0.2, 0.25) is 11.9 Å². The Morgan fingerprint density at radius 2 is 1.97 bits per heavy atom. The summed E-state index contributed by atoms with van der Waals surface area (Å²) in [4.78, 5) is 32.0. The number of anilines is 1. The van der Waals surface area contributed by atoms with Crippen molar-refractivity contribution in [2.45, 2.75) is 12.8 Å². The summed E-state index contributed by atoms with van der Waals surface area (Å²) in [6, 6.07) is 6.80. The molecule has 0 spiro atoms. The number of carbonyl (C=O) groups excluding carboxylic acids is 1. The summed E-state index contributed by atoms with van der Waals surface area (Å²) in [6.45, 7) is 2.59. The van der Waals surface area contributed by atoms with Crippen molar-refractivity contribution in [1.82, 2.24) is 14.9 Å². The lowest BCUT2D eigenvalue weighted by Gasteiger charge is -2.34. The number of rotatable bonds is 8. The Kier molecular flexibility index (Phi) is 7.11. The number of amides is 1. The Morgan fingerprint density at radius 3 is 2.68 bits per heavy atom. The minimum Gasteiger partial charge on any atom is -0.443 e. The molecule has 2 aliphatic heterocycles. The predicted octanol–water partition coefficient (Wildman–Crippen LogP) is 1.04. The number of ether oxygens (including phenoxy) is 1. The smallest absolute Gasteiger partial charge is 0.437 e. The van der Waals surface area contributed by atoms with Gasteiger partial charge in [0.25, 0.3) is 0 Å². The van der Waals surface area contributed by atoms with E-state index in [0.29, 0.717) is 50.5 Å². The third kappa shape index (κ3) is 5.73. The molecule has 0 bridgehead atoms. The largest absolute Gasteiger partial charge is 0.443 e. The van der Waals surface area contributed by atoms with Crippen LogP contribution in [0.1, 0.15) is 5.56 Å². The third-order valence-electron chi connectivity index (χ3n) is 5.24. The average Bonchev–Trinajstić information content (AvgIpc) is 2.74. The molecule has 2 saturated heterocycles. The second-order valence-electron chi connectivity index (χ2n) is 7.83. The molecule has 4 N–H and O–H groups in total. The van der Waals surface area contributed by atoms with Crippen LogP contribution in [0.3, 0.4) is 0 Å². The number of aliphatic imine (C=N–C) groups is 1.